The predicted octanol–water partition coefficient (Wildman–Crippen LogP) is 3.08. The SMILES string of the molecule is CCN(C(=O)CNc1ccc(S(=O)(=O)CC)cc1)c1ccc(F)cc1. The van der Waals surface area contributed by atoms with Crippen molar-refractivity contribution >= 4 is 27.1 Å². The number of anilines is 2. The van der Waals surface area contributed by atoms with Gasteiger partial charge in [0.25, 0.3) is 0 Å². The Morgan fingerprint density at radius 1 is 1.04 bits per heavy atom. The van der Waals surface area contributed by atoms with Gasteiger partial charge in [-0.1, -0.05) is 6.92 Å². The van der Waals surface area contributed by atoms with Crippen LogP contribution in [0.25, 0.3) is 0 Å². The summed E-state index contributed by atoms with van der Waals surface area (Å²) < 4.78 is 36.6. The summed E-state index contributed by atoms with van der Waals surface area (Å²) in [5, 5.41) is 2.98. The molecule has 0 saturated carbocycles. The molecule has 0 radical (unpaired) electrons. The van der Waals surface area contributed by atoms with E-state index >= 15 is 0 Å². The minimum Gasteiger partial charge on any atom is -0.376 e. The van der Waals surface area contributed by atoms with E-state index in [-0.39, 0.29) is 28.9 Å². The van der Waals surface area contributed by atoms with Gasteiger partial charge < -0.3 is 10.2 Å². The fourth-order valence-corrected chi connectivity index (χ4v) is 3.23. The van der Waals surface area contributed by atoms with E-state index in [0.29, 0.717) is 17.9 Å². The first kappa shape index (κ1) is 18.9. The molecule has 1 amide bonds. The average molecular weight is 364 g/mol. The van der Waals surface area contributed by atoms with Crippen molar-refractivity contribution in [3.63, 3.8) is 0 Å². The Morgan fingerprint density at radius 2 is 1.64 bits per heavy atom. The quantitative estimate of drug-likeness (QED) is 0.820. The summed E-state index contributed by atoms with van der Waals surface area (Å²) in [6.07, 6.45) is 0. The van der Waals surface area contributed by atoms with E-state index in [9.17, 15) is 17.6 Å². The van der Waals surface area contributed by atoms with Crippen LogP contribution in [-0.4, -0.2) is 33.2 Å². The molecular formula is C18H21FN2O3S. The predicted molar refractivity (Wildman–Crippen MR) is 97.1 cm³/mol. The van der Waals surface area contributed by atoms with Gasteiger partial charge >= 0.3 is 0 Å². The van der Waals surface area contributed by atoms with Crippen LogP contribution in [-0.2, 0) is 14.6 Å². The summed E-state index contributed by atoms with van der Waals surface area (Å²) in [5.41, 5.74) is 1.28. The zero-order valence-corrected chi connectivity index (χ0v) is 15.0. The largest absolute Gasteiger partial charge is 0.376 e. The minimum absolute atomic E-state index is 0.0430. The molecular weight excluding hydrogens is 343 g/mol. The number of rotatable bonds is 7. The highest BCUT2D eigenvalue weighted by atomic mass is 32.2. The van der Waals surface area contributed by atoms with Crippen LogP contribution in [0.1, 0.15) is 13.8 Å². The van der Waals surface area contributed by atoms with Crippen molar-refractivity contribution in [3.8, 4) is 0 Å². The number of carbonyl (C=O) groups excluding carboxylic acids is 1. The van der Waals surface area contributed by atoms with Crippen LogP contribution in [0, 0.1) is 5.82 Å². The number of sulfone groups is 1. The first-order chi connectivity index (χ1) is 11.9. The van der Waals surface area contributed by atoms with E-state index in [2.05, 4.69) is 5.32 Å². The molecule has 0 atom stereocenters. The number of halogens is 1. The molecule has 0 aliphatic rings. The van der Waals surface area contributed by atoms with Crippen LogP contribution in [0.3, 0.4) is 0 Å². The normalized spacial score (nSPS) is 11.2. The third-order valence-electron chi connectivity index (χ3n) is 3.79. The second-order valence-electron chi connectivity index (χ2n) is 5.40. The van der Waals surface area contributed by atoms with E-state index < -0.39 is 9.84 Å². The van der Waals surface area contributed by atoms with Gasteiger partial charge in [-0.3, -0.25) is 4.79 Å². The van der Waals surface area contributed by atoms with Crippen molar-refractivity contribution in [1.29, 1.82) is 0 Å². The number of hydrogen-bond donors (Lipinski definition) is 1. The number of hydrogen-bond acceptors (Lipinski definition) is 4. The number of nitrogens with one attached hydrogen (secondary N) is 1. The Hall–Kier alpha value is -2.41. The van der Waals surface area contributed by atoms with Gasteiger partial charge in [-0.25, -0.2) is 12.8 Å². The fourth-order valence-electron chi connectivity index (χ4n) is 2.34. The molecule has 0 aliphatic heterocycles. The second kappa shape index (κ2) is 8.11. The summed E-state index contributed by atoms with van der Waals surface area (Å²) in [7, 11) is -3.24. The standard InChI is InChI=1S/C18H21FN2O3S/c1-3-21(16-9-5-14(19)6-10-16)18(22)13-20-15-7-11-17(12-8-15)25(23,24)4-2/h5-12,20H,3-4,13H2,1-2H3. The third kappa shape index (κ3) is 4.79. The van der Waals surface area contributed by atoms with E-state index in [0.717, 1.165) is 0 Å². The van der Waals surface area contributed by atoms with Crippen molar-refractivity contribution in [2.75, 3.05) is 29.1 Å². The third-order valence-corrected chi connectivity index (χ3v) is 5.54. The highest BCUT2D eigenvalue weighted by Crippen LogP contribution is 2.17. The average Bonchev–Trinajstić information content (AvgIpc) is 2.62. The fraction of sp³-hybridized carbons (Fsp3) is 0.278. The molecule has 0 saturated heterocycles. The van der Waals surface area contributed by atoms with Crippen LogP contribution in [0.15, 0.2) is 53.4 Å². The van der Waals surface area contributed by atoms with Gasteiger partial charge in [0.2, 0.25) is 5.91 Å². The van der Waals surface area contributed by atoms with Crippen molar-refractivity contribution in [3.05, 3.63) is 54.3 Å². The van der Waals surface area contributed by atoms with Crippen LogP contribution < -0.4 is 10.2 Å². The molecule has 2 aromatic carbocycles. The first-order valence-electron chi connectivity index (χ1n) is 8.00. The summed E-state index contributed by atoms with van der Waals surface area (Å²) >= 11 is 0. The number of benzene rings is 2. The molecule has 1 N–H and O–H groups in total. The molecule has 7 heteroatoms. The zero-order chi connectivity index (χ0) is 18.4. The maximum Gasteiger partial charge on any atom is 0.246 e. The van der Waals surface area contributed by atoms with Gasteiger partial charge in [-0.15, -0.1) is 0 Å². The summed E-state index contributed by atoms with van der Waals surface area (Å²) in [6, 6.07) is 12.0. The first-order valence-corrected chi connectivity index (χ1v) is 9.65. The zero-order valence-electron chi connectivity index (χ0n) is 14.2. The van der Waals surface area contributed by atoms with Gasteiger partial charge in [-0.2, -0.15) is 0 Å². The smallest absolute Gasteiger partial charge is 0.246 e. The van der Waals surface area contributed by atoms with Crippen LogP contribution in [0.5, 0.6) is 0 Å². The molecule has 0 aliphatic carbocycles. The molecule has 0 spiro atoms. The van der Waals surface area contributed by atoms with Crippen LogP contribution in [0.2, 0.25) is 0 Å². The number of likely N-dealkylation sites (N-methyl/N-ethyl adjacent to an activating group) is 1. The molecule has 134 valence electrons. The minimum atomic E-state index is -3.24. The lowest BCUT2D eigenvalue weighted by molar-refractivity contribution is -0.116. The van der Waals surface area contributed by atoms with Crippen LogP contribution >= 0.6 is 0 Å². The van der Waals surface area contributed by atoms with Gasteiger partial charge in [0.15, 0.2) is 9.84 Å². The maximum atomic E-state index is 13.0. The molecule has 0 bridgehead atoms. The lowest BCUT2D eigenvalue weighted by Gasteiger charge is -2.21. The van der Waals surface area contributed by atoms with E-state index in [4.69, 9.17) is 0 Å². The molecule has 0 heterocycles. The molecule has 0 fully saturated rings. The molecule has 0 aromatic heterocycles. The van der Waals surface area contributed by atoms with E-state index in [1.165, 1.54) is 24.3 Å². The van der Waals surface area contributed by atoms with Crippen LogP contribution in [0.4, 0.5) is 15.8 Å². The highest BCUT2D eigenvalue weighted by Gasteiger charge is 2.14. The Kier molecular flexibility index (Phi) is 6.14. The number of amides is 1. The van der Waals surface area contributed by atoms with Gasteiger partial charge in [0.1, 0.15) is 5.82 Å². The van der Waals surface area contributed by atoms with Gasteiger partial charge in [-0.05, 0) is 55.5 Å². The summed E-state index contributed by atoms with van der Waals surface area (Å²) in [5.74, 6) is -0.478. The monoisotopic (exact) mass is 364 g/mol. The van der Waals surface area contributed by atoms with Crippen molar-refractivity contribution in [2.24, 2.45) is 0 Å². The molecule has 0 unspecified atom stereocenters. The number of carbonyl (C=O) groups is 1. The van der Waals surface area contributed by atoms with Crippen molar-refractivity contribution in [2.45, 2.75) is 18.7 Å². The molecule has 2 aromatic rings. The summed E-state index contributed by atoms with van der Waals surface area (Å²) in [6.45, 7) is 3.94. The molecule has 2 rings (SSSR count). The Labute approximate surface area is 147 Å². The highest BCUT2D eigenvalue weighted by molar-refractivity contribution is 7.91. The van der Waals surface area contributed by atoms with Crippen molar-refractivity contribution in [1.82, 2.24) is 0 Å². The number of nitrogens with zero attached hydrogens (tertiary/aromatic N) is 1. The summed E-state index contributed by atoms with van der Waals surface area (Å²) in [4.78, 5) is 14.2. The Balaban J connectivity index is 2.02. The van der Waals surface area contributed by atoms with E-state index in [1.54, 1.807) is 36.1 Å². The van der Waals surface area contributed by atoms with Gasteiger partial charge in [0, 0.05) is 17.9 Å². The Bertz CT molecular complexity index is 818. The maximum absolute atomic E-state index is 13.0. The molecule has 25 heavy (non-hydrogen) atoms. The lowest BCUT2D eigenvalue weighted by Crippen LogP contribution is -2.35. The Morgan fingerprint density at radius 3 is 2.16 bits per heavy atom. The van der Waals surface area contributed by atoms with Crippen molar-refractivity contribution < 1.29 is 17.6 Å². The molecule has 5 nitrogen and oxygen atoms in total. The second-order valence-corrected chi connectivity index (χ2v) is 7.67. The topological polar surface area (TPSA) is 66.5 Å². The lowest BCUT2D eigenvalue weighted by atomic mass is 10.2. The van der Waals surface area contributed by atoms with Gasteiger partial charge in [0.05, 0.1) is 17.2 Å². The van der Waals surface area contributed by atoms with E-state index in [1.807, 2.05) is 6.92 Å².